The second-order valence-electron chi connectivity index (χ2n) is 6.05. The second-order valence-corrected chi connectivity index (χ2v) is 6.05. The van der Waals surface area contributed by atoms with Crippen molar-refractivity contribution in [3.8, 4) is 0 Å². The van der Waals surface area contributed by atoms with Gasteiger partial charge >= 0.3 is 0 Å². The van der Waals surface area contributed by atoms with E-state index in [1.165, 1.54) is 24.8 Å². The van der Waals surface area contributed by atoms with Gasteiger partial charge in [-0.2, -0.15) is 0 Å². The summed E-state index contributed by atoms with van der Waals surface area (Å²) in [6, 6.07) is 10.7. The zero-order chi connectivity index (χ0) is 13.4. The van der Waals surface area contributed by atoms with Gasteiger partial charge in [0.05, 0.1) is 0 Å². The largest absolute Gasteiger partial charge is 0.330 e. The molecule has 0 atom stereocenters. The van der Waals surface area contributed by atoms with Gasteiger partial charge in [-0.25, -0.2) is 0 Å². The standard InChI is InChI=1S/C16H28N2/c1-16(2,13-17)14-18(3)12-8-7-11-15-9-5-4-6-10-15/h4-6,9-10H,7-8,11-14,17H2,1-3H3. The van der Waals surface area contributed by atoms with E-state index in [2.05, 4.69) is 56.1 Å². The number of rotatable bonds is 8. The van der Waals surface area contributed by atoms with Gasteiger partial charge in [0.15, 0.2) is 0 Å². The Bertz CT molecular complexity index is 319. The minimum Gasteiger partial charge on any atom is -0.330 e. The molecule has 2 N–H and O–H groups in total. The number of hydrogen-bond acceptors (Lipinski definition) is 2. The van der Waals surface area contributed by atoms with Gasteiger partial charge in [-0.3, -0.25) is 0 Å². The molecule has 0 heterocycles. The smallest absolute Gasteiger partial charge is 0.00417 e. The number of unbranched alkanes of at least 4 members (excludes halogenated alkanes) is 1. The molecule has 1 aromatic rings. The molecule has 0 aliphatic heterocycles. The van der Waals surface area contributed by atoms with Crippen LogP contribution in [0.15, 0.2) is 30.3 Å². The first-order valence-electron chi connectivity index (χ1n) is 6.96. The van der Waals surface area contributed by atoms with Crippen LogP contribution in [-0.2, 0) is 6.42 Å². The molecule has 0 aromatic heterocycles. The van der Waals surface area contributed by atoms with Crippen LogP contribution in [0.1, 0.15) is 32.3 Å². The quantitative estimate of drug-likeness (QED) is 0.717. The molecule has 0 aliphatic carbocycles. The lowest BCUT2D eigenvalue weighted by Crippen LogP contribution is -2.37. The molecule has 2 nitrogen and oxygen atoms in total. The Balaban J connectivity index is 2.14. The van der Waals surface area contributed by atoms with Crippen LogP contribution in [0.3, 0.4) is 0 Å². The molecule has 0 saturated heterocycles. The minimum atomic E-state index is 0.230. The van der Waals surface area contributed by atoms with Crippen LogP contribution < -0.4 is 5.73 Å². The summed E-state index contributed by atoms with van der Waals surface area (Å²) in [6.45, 7) is 7.45. The molecule has 0 bridgehead atoms. The van der Waals surface area contributed by atoms with E-state index in [0.29, 0.717) is 0 Å². The average Bonchev–Trinajstić information content (AvgIpc) is 2.35. The molecule has 0 saturated carbocycles. The van der Waals surface area contributed by atoms with Crippen molar-refractivity contribution in [2.45, 2.75) is 33.1 Å². The van der Waals surface area contributed by atoms with Gasteiger partial charge in [0.1, 0.15) is 0 Å². The van der Waals surface area contributed by atoms with Crippen molar-refractivity contribution in [3.63, 3.8) is 0 Å². The third-order valence-corrected chi connectivity index (χ3v) is 3.35. The highest BCUT2D eigenvalue weighted by atomic mass is 15.1. The molecule has 0 unspecified atom stereocenters. The van der Waals surface area contributed by atoms with Crippen molar-refractivity contribution in [2.24, 2.45) is 11.1 Å². The molecule has 0 radical (unpaired) electrons. The monoisotopic (exact) mass is 248 g/mol. The molecule has 0 fully saturated rings. The van der Waals surface area contributed by atoms with Gasteiger partial charge in [0.2, 0.25) is 0 Å². The summed E-state index contributed by atoms with van der Waals surface area (Å²) in [7, 11) is 2.19. The van der Waals surface area contributed by atoms with Crippen LogP contribution in [0.2, 0.25) is 0 Å². The second kappa shape index (κ2) is 7.55. The third-order valence-electron chi connectivity index (χ3n) is 3.35. The first kappa shape index (κ1) is 15.2. The van der Waals surface area contributed by atoms with Crippen LogP contribution in [-0.4, -0.2) is 31.6 Å². The summed E-state index contributed by atoms with van der Waals surface area (Å²) in [5.74, 6) is 0. The minimum absolute atomic E-state index is 0.230. The summed E-state index contributed by atoms with van der Waals surface area (Å²) in [5.41, 5.74) is 7.44. The first-order valence-corrected chi connectivity index (χ1v) is 6.96. The molecule has 1 aromatic carbocycles. The molecular formula is C16H28N2. The topological polar surface area (TPSA) is 29.3 Å². The number of nitrogens with two attached hydrogens (primary N) is 1. The zero-order valence-electron chi connectivity index (χ0n) is 12.2. The van der Waals surface area contributed by atoms with Crippen molar-refractivity contribution < 1.29 is 0 Å². The van der Waals surface area contributed by atoms with E-state index in [0.717, 1.165) is 19.6 Å². The Morgan fingerprint density at radius 2 is 1.78 bits per heavy atom. The number of hydrogen-bond donors (Lipinski definition) is 1. The lowest BCUT2D eigenvalue weighted by molar-refractivity contribution is 0.213. The van der Waals surface area contributed by atoms with Crippen molar-refractivity contribution in [2.75, 3.05) is 26.7 Å². The lowest BCUT2D eigenvalue weighted by atomic mass is 9.93. The van der Waals surface area contributed by atoms with Crippen molar-refractivity contribution >= 4 is 0 Å². The Morgan fingerprint density at radius 1 is 1.11 bits per heavy atom. The maximum absolute atomic E-state index is 5.76. The van der Waals surface area contributed by atoms with Gasteiger partial charge < -0.3 is 10.6 Å². The fourth-order valence-corrected chi connectivity index (χ4v) is 2.23. The van der Waals surface area contributed by atoms with Gasteiger partial charge in [-0.15, -0.1) is 0 Å². The SMILES string of the molecule is CN(CCCCc1ccccc1)CC(C)(C)CN. The molecule has 0 aliphatic rings. The Kier molecular flexibility index (Phi) is 6.37. The van der Waals surface area contributed by atoms with Gasteiger partial charge in [-0.05, 0) is 50.4 Å². The molecular weight excluding hydrogens is 220 g/mol. The molecule has 18 heavy (non-hydrogen) atoms. The lowest BCUT2D eigenvalue weighted by Gasteiger charge is -2.28. The predicted molar refractivity (Wildman–Crippen MR) is 79.7 cm³/mol. The fourth-order valence-electron chi connectivity index (χ4n) is 2.23. The fraction of sp³-hybridized carbons (Fsp3) is 0.625. The number of nitrogens with zero attached hydrogens (tertiary/aromatic N) is 1. The predicted octanol–water partition coefficient (Wildman–Crippen LogP) is 2.93. The summed E-state index contributed by atoms with van der Waals surface area (Å²) in [5, 5.41) is 0. The van der Waals surface area contributed by atoms with Gasteiger partial charge in [-0.1, -0.05) is 44.2 Å². The molecule has 0 spiro atoms. The van der Waals surface area contributed by atoms with E-state index in [1.807, 2.05) is 0 Å². The summed E-state index contributed by atoms with van der Waals surface area (Å²) < 4.78 is 0. The molecule has 2 heteroatoms. The first-order chi connectivity index (χ1) is 8.53. The van der Waals surface area contributed by atoms with Crippen LogP contribution in [0.5, 0.6) is 0 Å². The average molecular weight is 248 g/mol. The van der Waals surface area contributed by atoms with Crippen molar-refractivity contribution in [1.82, 2.24) is 4.90 Å². The summed E-state index contributed by atoms with van der Waals surface area (Å²) >= 11 is 0. The van der Waals surface area contributed by atoms with Crippen LogP contribution in [0.4, 0.5) is 0 Å². The normalized spacial score (nSPS) is 12.1. The van der Waals surface area contributed by atoms with E-state index in [4.69, 9.17) is 5.73 Å². The van der Waals surface area contributed by atoms with Crippen molar-refractivity contribution in [1.29, 1.82) is 0 Å². The van der Waals surface area contributed by atoms with Crippen molar-refractivity contribution in [3.05, 3.63) is 35.9 Å². The highest BCUT2D eigenvalue weighted by Crippen LogP contribution is 2.14. The van der Waals surface area contributed by atoms with E-state index < -0.39 is 0 Å². The van der Waals surface area contributed by atoms with Crippen LogP contribution in [0, 0.1) is 5.41 Å². The highest BCUT2D eigenvalue weighted by Gasteiger charge is 2.17. The maximum atomic E-state index is 5.76. The Morgan fingerprint density at radius 3 is 2.39 bits per heavy atom. The highest BCUT2D eigenvalue weighted by molar-refractivity contribution is 5.14. The summed E-state index contributed by atoms with van der Waals surface area (Å²) in [6.07, 6.45) is 3.71. The maximum Gasteiger partial charge on any atom is 0.00417 e. The van der Waals surface area contributed by atoms with E-state index in [1.54, 1.807) is 0 Å². The van der Waals surface area contributed by atoms with E-state index in [-0.39, 0.29) is 5.41 Å². The van der Waals surface area contributed by atoms with Gasteiger partial charge in [0.25, 0.3) is 0 Å². The number of aryl methyl sites for hydroxylation is 1. The van der Waals surface area contributed by atoms with Crippen LogP contribution >= 0.6 is 0 Å². The Labute approximate surface area is 112 Å². The molecule has 1 rings (SSSR count). The van der Waals surface area contributed by atoms with Gasteiger partial charge in [0, 0.05) is 6.54 Å². The number of benzene rings is 1. The zero-order valence-corrected chi connectivity index (χ0v) is 12.2. The van der Waals surface area contributed by atoms with E-state index >= 15 is 0 Å². The molecule has 0 amide bonds. The Hall–Kier alpha value is -0.860. The molecule has 102 valence electrons. The van der Waals surface area contributed by atoms with Crippen LogP contribution in [0.25, 0.3) is 0 Å². The summed E-state index contributed by atoms with van der Waals surface area (Å²) in [4.78, 5) is 2.40. The van der Waals surface area contributed by atoms with E-state index in [9.17, 15) is 0 Å². The third kappa shape index (κ3) is 6.18.